The Morgan fingerprint density at radius 1 is 1.10 bits per heavy atom. The van der Waals surface area contributed by atoms with Gasteiger partial charge in [0.2, 0.25) is 5.91 Å². The molecule has 1 heterocycles. The molecule has 0 unspecified atom stereocenters. The molecule has 1 aliphatic heterocycles. The number of anilines is 3. The summed E-state index contributed by atoms with van der Waals surface area (Å²) in [6.07, 6.45) is 1.61. The van der Waals surface area contributed by atoms with Crippen LogP contribution in [0.1, 0.15) is 51.6 Å². The van der Waals surface area contributed by atoms with E-state index >= 15 is 0 Å². The number of allylic oxidation sites excluding steroid dienone is 1. The quantitative estimate of drug-likeness (QED) is 0.736. The van der Waals surface area contributed by atoms with Gasteiger partial charge < -0.3 is 10.2 Å². The predicted molar refractivity (Wildman–Crippen MR) is 126 cm³/mol. The fraction of sp³-hybridized carbons (Fsp3) is 0.385. The van der Waals surface area contributed by atoms with Gasteiger partial charge in [-0.15, -0.1) is 0 Å². The van der Waals surface area contributed by atoms with Crippen LogP contribution in [0.25, 0.3) is 0 Å². The first kappa shape index (κ1) is 21.2. The number of nitrogens with zero attached hydrogens (tertiary/aromatic N) is 2. The van der Waals surface area contributed by atoms with Crippen LogP contribution in [0, 0.1) is 5.41 Å². The van der Waals surface area contributed by atoms with Crippen molar-refractivity contribution in [2.75, 3.05) is 29.2 Å². The number of hydrogen-bond acceptors (Lipinski definition) is 4. The maximum Gasteiger partial charge on any atom is 0.227 e. The summed E-state index contributed by atoms with van der Waals surface area (Å²) in [7, 11) is 4.00. The first-order valence-corrected chi connectivity index (χ1v) is 10.9. The minimum atomic E-state index is -0.446. The van der Waals surface area contributed by atoms with Crippen molar-refractivity contribution in [2.24, 2.45) is 5.41 Å². The molecule has 2 aromatic rings. The Hall–Kier alpha value is -3.08. The molecule has 4 rings (SSSR count). The Bertz CT molecular complexity index is 1050. The second-order valence-electron chi connectivity index (χ2n) is 9.48. The molecule has 0 bridgehead atoms. The zero-order chi connectivity index (χ0) is 22.3. The molecule has 31 heavy (non-hydrogen) atoms. The first-order valence-electron chi connectivity index (χ1n) is 10.9. The van der Waals surface area contributed by atoms with E-state index in [1.54, 1.807) is 0 Å². The van der Waals surface area contributed by atoms with Gasteiger partial charge in [-0.25, -0.2) is 0 Å². The van der Waals surface area contributed by atoms with Gasteiger partial charge in [-0.05, 0) is 41.7 Å². The summed E-state index contributed by atoms with van der Waals surface area (Å²) in [6, 6.07) is 15.6. The molecule has 5 nitrogen and oxygen atoms in total. The number of rotatable bonds is 3. The molecule has 0 fully saturated rings. The topological polar surface area (TPSA) is 52.7 Å². The van der Waals surface area contributed by atoms with Crippen molar-refractivity contribution in [3.63, 3.8) is 0 Å². The zero-order valence-corrected chi connectivity index (χ0v) is 19.0. The highest BCUT2D eigenvalue weighted by molar-refractivity contribution is 6.06. The van der Waals surface area contributed by atoms with E-state index < -0.39 is 6.04 Å². The largest absolute Gasteiger partial charge is 0.378 e. The monoisotopic (exact) mass is 417 g/mol. The smallest absolute Gasteiger partial charge is 0.227 e. The van der Waals surface area contributed by atoms with Crippen LogP contribution in [0.4, 0.5) is 17.1 Å². The second-order valence-corrected chi connectivity index (χ2v) is 9.48. The molecular weight excluding hydrogens is 386 g/mol. The first-order chi connectivity index (χ1) is 14.7. The summed E-state index contributed by atoms with van der Waals surface area (Å²) in [5.41, 5.74) is 5.24. The average Bonchev–Trinajstić information content (AvgIpc) is 2.86. The van der Waals surface area contributed by atoms with Gasteiger partial charge >= 0.3 is 0 Å². The third-order valence-corrected chi connectivity index (χ3v) is 6.20. The van der Waals surface area contributed by atoms with E-state index in [2.05, 4.69) is 19.2 Å². The SMILES string of the molecule is CCC(=O)N1c2ccccc2NC2=C(C(=O)CC(C)(C)C2)[C@@H]1c1ccc(N(C)C)cc1. The maximum atomic E-state index is 13.5. The van der Waals surface area contributed by atoms with Gasteiger partial charge in [-0.1, -0.05) is 45.0 Å². The van der Waals surface area contributed by atoms with Crippen LogP contribution in [0.5, 0.6) is 0 Å². The van der Waals surface area contributed by atoms with Crippen LogP contribution in [0.3, 0.4) is 0 Å². The minimum Gasteiger partial charge on any atom is -0.378 e. The Morgan fingerprint density at radius 3 is 2.42 bits per heavy atom. The van der Waals surface area contributed by atoms with Gasteiger partial charge in [0, 0.05) is 43.9 Å². The van der Waals surface area contributed by atoms with Crippen molar-refractivity contribution in [3.05, 3.63) is 65.4 Å². The summed E-state index contributed by atoms with van der Waals surface area (Å²) in [5.74, 6) is 0.115. The van der Waals surface area contributed by atoms with E-state index in [0.29, 0.717) is 12.8 Å². The van der Waals surface area contributed by atoms with Gasteiger partial charge in [0.1, 0.15) is 0 Å². The van der Waals surface area contributed by atoms with E-state index in [1.165, 1.54) is 0 Å². The van der Waals surface area contributed by atoms with Crippen LogP contribution in [-0.4, -0.2) is 25.8 Å². The Labute approximate surface area is 184 Å². The lowest BCUT2D eigenvalue weighted by Gasteiger charge is -2.37. The molecule has 5 heteroatoms. The van der Waals surface area contributed by atoms with Crippen molar-refractivity contribution in [1.29, 1.82) is 0 Å². The standard InChI is InChI=1S/C26H31N3O2/c1-6-23(31)29-21-10-8-7-9-19(21)27-20-15-26(2,3)16-22(30)24(20)25(29)17-11-13-18(14-12-17)28(4)5/h7-14,25,27H,6,15-16H2,1-5H3/t25-/m0/s1. The van der Waals surface area contributed by atoms with Gasteiger partial charge in [-0.2, -0.15) is 0 Å². The van der Waals surface area contributed by atoms with E-state index in [9.17, 15) is 9.59 Å². The number of amides is 1. The molecule has 0 spiro atoms. The van der Waals surface area contributed by atoms with Gasteiger partial charge in [0.15, 0.2) is 5.78 Å². The molecule has 1 aliphatic carbocycles. The van der Waals surface area contributed by atoms with Gasteiger partial charge in [0.25, 0.3) is 0 Å². The van der Waals surface area contributed by atoms with E-state index in [1.807, 2.05) is 79.3 Å². The van der Waals surface area contributed by atoms with E-state index in [-0.39, 0.29) is 17.1 Å². The molecule has 0 aromatic heterocycles. The average molecular weight is 418 g/mol. The number of benzene rings is 2. The molecule has 2 aromatic carbocycles. The lowest BCUT2D eigenvalue weighted by Crippen LogP contribution is -2.39. The van der Waals surface area contributed by atoms with Crippen molar-refractivity contribution in [1.82, 2.24) is 0 Å². The number of carbonyl (C=O) groups is 2. The Balaban J connectivity index is 1.97. The molecule has 1 N–H and O–H groups in total. The molecule has 162 valence electrons. The zero-order valence-electron chi connectivity index (χ0n) is 19.0. The summed E-state index contributed by atoms with van der Waals surface area (Å²) in [6.45, 7) is 6.13. The number of hydrogen-bond donors (Lipinski definition) is 1. The highest BCUT2D eigenvalue weighted by atomic mass is 16.2. The minimum absolute atomic E-state index is 0.00215. The normalized spacial score (nSPS) is 19.8. The van der Waals surface area contributed by atoms with Crippen molar-refractivity contribution in [2.45, 2.75) is 46.1 Å². The summed E-state index contributed by atoms with van der Waals surface area (Å²) < 4.78 is 0. The van der Waals surface area contributed by atoms with Crippen LogP contribution in [0.15, 0.2) is 59.8 Å². The highest BCUT2D eigenvalue weighted by Crippen LogP contribution is 2.48. The third-order valence-electron chi connectivity index (χ3n) is 6.20. The fourth-order valence-electron chi connectivity index (χ4n) is 4.70. The lowest BCUT2D eigenvalue weighted by molar-refractivity contribution is -0.119. The number of ketones is 1. The summed E-state index contributed by atoms with van der Waals surface area (Å²) in [4.78, 5) is 30.7. The molecule has 1 amide bonds. The predicted octanol–water partition coefficient (Wildman–Crippen LogP) is 5.31. The summed E-state index contributed by atoms with van der Waals surface area (Å²) >= 11 is 0. The third kappa shape index (κ3) is 3.85. The van der Waals surface area contributed by atoms with E-state index in [0.717, 1.165) is 40.3 Å². The molecule has 0 radical (unpaired) electrons. The van der Waals surface area contributed by atoms with Gasteiger partial charge in [-0.3, -0.25) is 14.5 Å². The number of nitrogens with one attached hydrogen (secondary N) is 1. The molecule has 0 saturated heterocycles. The number of carbonyl (C=O) groups excluding carboxylic acids is 2. The number of fused-ring (bicyclic) bond motifs is 1. The van der Waals surface area contributed by atoms with E-state index in [4.69, 9.17) is 0 Å². The van der Waals surface area contributed by atoms with Crippen LogP contribution in [0.2, 0.25) is 0 Å². The van der Waals surface area contributed by atoms with Crippen molar-refractivity contribution >= 4 is 28.8 Å². The number of para-hydroxylation sites is 2. The fourth-order valence-corrected chi connectivity index (χ4v) is 4.70. The van der Waals surface area contributed by atoms with Crippen LogP contribution in [-0.2, 0) is 9.59 Å². The molecular formula is C26H31N3O2. The molecule has 1 atom stereocenters. The highest BCUT2D eigenvalue weighted by Gasteiger charge is 2.42. The molecule has 0 saturated carbocycles. The number of Topliss-reactive ketones (excluding diaryl/α,β-unsaturated/α-hetero) is 1. The lowest BCUT2D eigenvalue weighted by atomic mass is 9.73. The van der Waals surface area contributed by atoms with Gasteiger partial charge in [0.05, 0.1) is 17.4 Å². The maximum absolute atomic E-state index is 13.5. The van der Waals surface area contributed by atoms with Crippen molar-refractivity contribution in [3.8, 4) is 0 Å². The van der Waals surface area contributed by atoms with Crippen molar-refractivity contribution < 1.29 is 9.59 Å². The van der Waals surface area contributed by atoms with Crippen LogP contribution >= 0.6 is 0 Å². The molecule has 2 aliphatic rings. The van der Waals surface area contributed by atoms with Crippen LogP contribution < -0.4 is 15.1 Å². The Morgan fingerprint density at radius 2 is 1.77 bits per heavy atom. The second kappa shape index (κ2) is 7.88. The summed E-state index contributed by atoms with van der Waals surface area (Å²) in [5, 5.41) is 3.54. The Kier molecular flexibility index (Phi) is 5.38.